The number of H-pyrrole nitrogens is 1. The Hall–Kier alpha value is -3.20. The van der Waals surface area contributed by atoms with Crippen LogP contribution in [0.3, 0.4) is 0 Å². The maximum atomic E-state index is 12.4. The third-order valence-electron chi connectivity index (χ3n) is 4.40. The second-order valence-electron chi connectivity index (χ2n) is 6.50. The molecule has 2 aromatic carbocycles. The standard InChI is InChI=1S/C21H23N3O5S/c1-28-17-9-15-16(10-18(17)29-2)23-19(24-21(15)27)11-30-12-20(26)22-8-7-13-3-5-14(25)6-4-13/h3-6,9-10,25H,7-8,11-12H2,1-2H3,(H,22,26)(H,23,24,27). The Bertz CT molecular complexity index is 1080. The molecule has 0 aliphatic carbocycles. The lowest BCUT2D eigenvalue weighted by molar-refractivity contribution is -0.118. The van der Waals surface area contributed by atoms with Gasteiger partial charge in [0.2, 0.25) is 5.91 Å². The molecular formula is C21H23N3O5S. The van der Waals surface area contributed by atoms with Crippen molar-refractivity contribution in [2.24, 2.45) is 0 Å². The molecule has 0 radical (unpaired) electrons. The minimum absolute atomic E-state index is 0.0895. The van der Waals surface area contributed by atoms with E-state index in [0.717, 1.165) is 5.56 Å². The molecule has 0 aliphatic heterocycles. The van der Waals surface area contributed by atoms with E-state index in [-0.39, 0.29) is 23.0 Å². The van der Waals surface area contributed by atoms with Crippen LogP contribution in [0.5, 0.6) is 17.2 Å². The highest BCUT2D eigenvalue weighted by molar-refractivity contribution is 7.99. The highest BCUT2D eigenvalue weighted by atomic mass is 32.2. The summed E-state index contributed by atoms with van der Waals surface area (Å²) in [7, 11) is 3.03. The van der Waals surface area contributed by atoms with E-state index in [0.29, 0.717) is 46.9 Å². The van der Waals surface area contributed by atoms with Crippen molar-refractivity contribution < 1.29 is 19.4 Å². The molecular weight excluding hydrogens is 406 g/mol. The van der Waals surface area contributed by atoms with Crippen molar-refractivity contribution in [3.63, 3.8) is 0 Å². The van der Waals surface area contributed by atoms with Crippen LogP contribution in [0.1, 0.15) is 11.4 Å². The van der Waals surface area contributed by atoms with Gasteiger partial charge in [-0.15, -0.1) is 11.8 Å². The number of carbonyl (C=O) groups excluding carboxylic acids is 1. The molecule has 0 saturated heterocycles. The van der Waals surface area contributed by atoms with Gasteiger partial charge in [-0.25, -0.2) is 4.98 Å². The average molecular weight is 429 g/mol. The number of carbonyl (C=O) groups is 1. The van der Waals surface area contributed by atoms with Gasteiger partial charge >= 0.3 is 0 Å². The fourth-order valence-electron chi connectivity index (χ4n) is 2.88. The van der Waals surface area contributed by atoms with Crippen LogP contribution in [0.2, 0.25) is 0 Å². The van der Waals surface area contributed by atoms with Crippen molar-refractivity contribution >= 4 is 28.6 Å². The first-order chi connectivity index (χ1) is 14.5. The summed E-state index contributed by atoms with van der Waals surface area (Å²) in [6, 6.07) is 10.1. The van der Waals surface area contributed by atoms with Crippen molar-refractivity contribution in [2.75, 3.05) is 26.5 Å². The van der Waals surface area contributed by atoms with E-state index in [2.05, 4.69) is 15.3 Å². The largest absolute Gasteiger partial charge is 0.508 e. The molecule has 1 amide bonds. The van der Waals surface area contributed by atoms with Crippen LogP contribution in [-0.4, -0.2) is 47.5 Å². The molecule has 158 valence electrons. The number of hydrogen-bond donors (Lipinski definition) is 3. The number of hydrogen-bond acceptors (Lipinski definition) is 7. The number of nitrogens with zero attached hydrogens (tertiary/aromatic N) is 1. The molecule has 3 aromatic rings. The number of fused-ring (bicyclic) bond motifs is 1. The summed E-state index contributed by atoms with van der Waals surface area (Å²) in [6.07, 6.45) is 0.682. The third kappa shape index (κ3) is 5.44. The quantitative estimate of drug-likeness (QED) is 0.478. The second kappa shape index (κ2) is 10.0. The molecule has 0 bridgehead atoms. The molecule has 0 unspecified atom stereocenters. The van der Waals surface area contributed by atoms with Crippen molar-refractivity contribution in [2.45, 2.75) is 12.2 Å². The van der Waals surface area contributed by atoms with E-state index in [9.17, 15) is 14.7 Å². The molecule has 1 aromatic heterocycles. The van der Waals surface area contributed by atoms with Gasteiger partial charge in [-0.2, -0.15) is 0 Å². The van der Waals surface area contributed by atoms with Gasteiger partial charge in [-0.05, 0) is 30.2 Å². The predicted octanol–water partition coefficient (Wildman–Crippen LogP) is 2.24. The number of benzene rings is 2. The Balaban J connectivity index is 1.53. The minimum Gasteiger partial charge on any atom is -0.508 e. The molecule has 30 heavy (non-hydrogen) atoms. The van der Waals surface area contributed by atoms with E-state index in [4.69, 9.17) is 9.47 Å². The highest BCUT2D eigenvalue weighted by Crippen LogP contribution is 2.30. The molecule has 0 aliphatic rings. The van der Waals surface area contributed by atoms with Crippen LogP contribution in [0.15, 0.2) is 41.2 Å². The number of aromatic amines is 1. The number of ether oxygens (including phenoxy) is 2. The van der Waals surface area contributed by atoms with Crippen LogP contribution < -0.4 is 20.3 Å². The van der Waals surface area contributed by atoms with Crippen LogP contribution >= 0.6 is 11.8 Å². The SMILES string of the molecule is COc1cc2nc(CSCC(=O)NCCc3ccc(O)cc3)[nH]c(=O)c2cc1OC. The number of phenolic OH excluding ortho intramolecular Hbond substituents is 1. The number of thioether (sulfide) groups is 1. The van der Waals surface area contributed by atoms with Crippen molar-refractivity contribution in [1.82, 2.24) is 15.3 Å². The molecule has 3 N–H and O–H groups in total. The van der Waals surface area contributed by atoms with Crippen molar-refractivity contribution in [3.05, 3.63) is 58.1 Å². The number of aromatic hydroxyl groups is 1. The zero-order valence-electron chi connectivity index (χ0n) is 16.7. The zero-order chi connectivity index (χ0) is 21.5. The molecule has 1 heterocycles. The lowest BCUT2D eigenvalue weighted by Gasteiger charge is -2.09. The highest BCUT2D eigenvalue weighted by Gasteiger charge is 2.11. The van der Waals surface area contributed by atoms with Gasteiger partial charge in [0.1, 0.15) is 11.6 Å². The smallest absolute Gasteiger partial charge is 0.258 e. The van der Waals surface area contributed by atoms with E-state index < -0.39 is 0 Å². The summed E-state index contributed by atoms with van der Waals surface area (Å²) >= 11 is 1.36. The van der Waals surface area contributed by atoms with E-state index in [1.807, 2.05) is 12.1 Å². The number of methoxy groups -OCH3 is 2. The summed E-state index contributed by atoms with van der Waals surface area (Å²) in [6.45, 7) is 0.511. The summed E-state index contributed by atoms with van der Waals surface area (Å²) < 4.78 is 10.5. The fraction of sp³-hybridized carbons (Fsp3) is 0.286. The van der Waals surface area contributed by atoms with E-state index in [1.165, 1.54) is 26.0 Å². The van der Waals surface area contributed by atoms with Gasteiger partial charge in [0.05, 0.1) is 36.6 Å². The second-order valence-corrected chi connectivity index (χ2v) is 7.48. The molecule has 0 spiro atoms. The van der Waals surface area contributed by atoms with Gasteiger partial charge in [0, 0.05) is 12.6 Å². The maximum absolute atomic E-state index is 12.4. The van der Waals surface area contributed by atoms with E-state index >= 15 is 0 Å². The van der Waals surface area contributed by atoms with Crippen molar-refractivity contribution in [3.8, 4) is 17.2 Å². The third-order valence-corrected chi connectivity index (χ3v) is 5.35. The first-order valence-corrected chi connectivity index (χ1v) is 10.4. The van der Waals surface area contributed by atoms with Crippen LogP contribution in [0.25, 0.3) is 10.9 Å². The maximum Gasteiger partial charge on any atom is 0.258 e. The Kier molecular flexibility index (Phi) is 7.18. The van der Waals surface area contributed by atoms with Gasteiger partial charge < -0.3 is 24.9 Å². The first-order valence-electron chi connectivity index (χ1n) is 9.27. The molecule has 0 fully saturated rings. The summed E-state index contributed by atoms with van der Waals surface area (Å²) in [5.74, 6) is 2.22. The van der Waals surface area contributed by atoms with Crippen LogP contribution in [0.4, 0.5) is 0 Å². The van der Waals surface area contributed by atoms with Crippen LogP contribution in [-0.2, 0) is 17.0 Å². The minimum atomic E-state index is -0.269. The summed E-state index contributed by atoms with van der Waals surface area (Å²) in [5, 5.41) is 12.5. The lowest BCUT2D eigenvalue weighted by Crippen LogP contribution is -2.27. The van der Waals surface area contributed by atoms with Crippen LogP contribution in [0, 0.1) is 0 Å². The number of aromatic nitrogens is 2. The summed E-state index contributed by atoms with van der Waals surface area (Å²) in [4.78, 5) is 31.6. The van der Waals surface area contributed by atoms with E-state index in [1.54, 1.807) is 24.3 Å². The number of phenols is 1. The Morgan fingerprint density at radius 2 is 1.87 bits per heavy atom. The average Bonchev–Trinajstić information content (AvgIpc) is 2.74. The van der Waals surface area contributed by atoms with Gasteiger partial charge in [0.15, 0.2) is 11.5 Å². The number of rotatable bonds is 9. The lowest BCUT2D eigenvalue weighted by atomic mass is 10.1. The Morgan fingerprint density at radius 3 is 2.57 bits per heavy atom. The summed E-state index contributed by atoms with van der Waals surface area (Å²) in [5.41, 5.74) is 1.27. The first kappa shape index (κ1) is 21.5. The van der Waals surface area contributed by atoms with Gasteiger partial charge in [-0.1, -0.05) is 12.1 Å². The molecule has 0 atom stereocenters. The Morgan fingerprint density at radius 1 is 1.17 bits per heavy atom. The normalized spacial score (nSPS) is 10.7. The number of nitrogens with one attached hydrogen (secondary N) is 2. The molecule has 0 saturated carbocycles. The molecule has 9 heteroatoms. The fourth-order valence-corrected chi connectivity index (χ4v) is 3.60. The monoisotopic (exact) mass is 429 g/mol. The number of amides is 1. The van der Waals surface area contributed by atoms with Gasteiger partial charge in [0.25, 0.3) is 5.56 Å². The zero-order valence-corrected chi connectivity index (χ0v) is 17.5. The predicted molar refractivity (Wildman–Crippen MR) is 116 cm³/mol. The molecule has 8 nitrogen and oxygen atoms in total. The molecule has 3 rings (SSSR count). The van der Waals surface area contributed by atoms with Gasteiger partial charge in [-0.3, -0.25) is 9.59 Å². The topological polar surface area (TPSA) is 114 Å². The van der Waals surface area contributed by atoms with Crippen molar-refractivity contribution in [1.29, 1.82) is 0 Å². The Labute approximate surface area is 177 Å².